The minimum Gasteiger partial charge on any atom is -0.333 e. The third-order valence-corrected chi connectivity index (χ3v) is 3.19. The van der Waals surface area contributed by atoms with Gasteiger partial charge in [0.05, 0.1) is 6.54 Å². The topological polar surface area (TPSA) is 33.1 Å². The van der Waals surface area contributed by atoms with Crippen molar-refractivity contribution in [1.82, 2.24) is 19.8 Å². The first kappa shape index (κ1) is 15.2. The van der Waals surface area contributed by atoms with Gasteiger partial charge in [-0.2, -0.15) is 0 Å². The van der Waals surface area contributed by atoms with Gasteiger partial charge in [0.25, 0.3) is 0 Å². The van der Waals surface area contributed by atoms with Gasteiger partial charge in [0.2, 0.25) is 0 Å². The quantitative estimate of drug-likeness (QED) is 0.729. The second-order valence-electron chi connectivity index (χ2n) is 5.09. The molecular weight excluding hydrogens is 224 g/mol. The fourth-order valence-corrected chi connectivity index (χ4v) is 1.97. The number of aromatic nitrogens is 2. The van der Waals surface area contributed by atoms with E-state index in [1.807, 2.05) is 6.20 Å². The number of nitrogens with zero attached hydrogens (tertiary/aromatic N) is 3. The second-order valence-corrected chi connectivity index (χ2v) is 5.09. The SMILES string of the molecule is CCN(CC)CCn1ccnc1CNCC(C)C. The Labute approximate surface area is 111 Å². The van der Waals surface area contributed by atoms with Gasteiger partial charge in [-0.1, -0.05) is 27.7 Å². The summed E-state index contributed by atoms with van der Waals surface area (Å²) in [7, 11) is 0. The minimum atomic E-state index is 0.684. The van der Waals surface area contributed by atoms with Gasteiger partial charge in [-0.05, 0) is 25.6 Å². The molecule has 0 aliphatic carbocycles. The summed E-state index contributed by atoms with van der Waals surface area (Å²) in [6.07, 6.45) is 3.98. The number of imidazole rings is 1. The molecule has 0 aromatic carbocycles. The zero-order valence-corrected chi connectivity index (χ0v) is 12.3. The van der Waals surface area contributed by atoms with Crippen molar-refractivity contribution < 1.29 is 0 Å². The molecule has 0 unspecified atom stereocenters. The van der Waals surface area contributed by atoms with Gasteiger partial charge in [0.15, 0.2) is 0 Å². The smallest absolute Gasteiger partial charge is 0.122 e. The van der Waals surface area contributed by atoms with Gasteiger partial charge in [-0.25, -0.2) is 4.98 Å². The lowest BCUT2D eigenvalue weighted by Gasteiger charge is -2.19. The maximum absolute atomic E-state index is 4.42. The summed E-state index contributed by atoms with van der Waals surface area (Å²) in [6.45, 7) is 15.1. The molecule has 0 bridgehead atoms. The predicted octanol–water partition coefficient (Wildman–Crippen LogP) is 1.97. The lowest BCUT2D eigenvalue weighted by atomic mass is 10.2. The first-order chi connectivity index (χ1) is 8.67. The first-order valence-electron chi connectivity index (χ1n) is 7.10. The lowest BCUT2D eigenvalue weighted by molar-refractivity contribution is 0.288. The Morgan fingerprint density at radius 3 is 2.67 bits per heavy atom. The van der Waals surface area contributed by atoms with E-state index in [1.54, 1.807) is 0 Å². The highest BCUT2D eigenvalue weighted by molar-refractivity contribution is 4.92. The molecule has 1 aromatic heterocycles. The van der Waals surface area contributed by atoms with E-state index >= 15 is 0 Å². The van der Waals surface area contributed by atoms with Crippen LogP contribution in [0.1, 0.15) is 33.5 Å². The van der Waals surface area contributed by atoms with Crippen LogP contribution < -0.4 is 5.32 Å². The van der Waals surface area contributed by atoms with Gasteiger partial charge >= 0.3 is 0 Å². The van der Waals surface area contributed by atoms with Gasteiger partial charge in [0.1, 0.15) is 5.82 Å². The molecule has 0 saturated carbocycles. The van der Waals surface area contributed by atoms with Crippen LogP contribution in [0.3, 0.4) is 0 Å². The van der Waals surface area contributed by atoms with Crippen molar-refractivity contribution in [2.75, 3.05) is 26.2 Å². The van der Waals surface area contributed by atoms with E-state index in [0.717, 1.165) is 45.1 Å². The van der Waals surface area contributed by atoms with Crippen molar-refractivity contribution in [2.24, 2.45) is 5.92 Å². The zero-order valence-electron chi connectivity index (χ0n) is 12.3. The van der Waals surface area contributed by atoms with Gasteiger partial charge in [-0.3, -0.25) is 0 Å². The maximum Gasteiger partial charge on any atom is 0.122 e. The van der Waals surface area contributed by atoms with Gasteiger partial charge < -0.3 is 14.8 Å². The van der Waals surface area contributed by atoms with Crippen molar-refractivity contribution in [2.45, 2.75) is 40.8 Å². The molecule has 104 valence electrons. The van der Waals surface area contributed by atoms with Gasteiger partial charge in [0, 0.05) is 25.5 Å². The van der Waals surface area contributed by atoms with Crippen LogP contribution in [-0.4, -0.2) is 40.6 Å². The fraction of sp³-hybridized carbons (Fsp3) is 0.786. The highest BCUT2D eigenvalue weighted by Crippen LogP contribution is 1.99. The monoisotopic (exact) mass is 252 g/mol. The lowest BCUT2D eigenvalue weighted by Crippen LogP contribution is -2.28. The van der Waals surface area contributed by atoms with Crippen molar-refractivity contribution in [3.8, 4) is 0 Å². The molecule has 0 amide bonds. The summed E-state index contributed by atoms with van der Waals surface area (Å²) in [6, 6.07) is 0. The molecule has 0 saturated heterocycles. The first-order valence-corrected chi connectivity index (χ1v) is 7.10. The highest BCUT2D eigenvalue weighted by atomic mass is 15.2. The summed E-state index contributed by atoms with van der Waals surface area (Å²) < 4.78 is 2.26. The second kappa shape index (κ2) is 8.27. The zero-order chi connectivity index (χ0) is 13.4. The molecule has 1 heterocycles. The van der Waals surface area contributed by atoms with Crippen LogP contribution in [0.4, 0.5) is 0 Å². The van der Waals surface area contributed by atoms with Crippen molar-refractivity contribution >= 4 is 0 Å². The van der Waals surface area contributed by atoms with Crippen LogP contribution in [0.5, 0.6) is 0 Å². The maximum atomic E-state index is 4.42. The molecular formula is C14H28N4. The Balaban J connectivity index is 2.39. The Hall–Kier alpha value is -0.870. The number of hydrogen-bond acceptors (Lipinski definition) is 3. The molecule has 4 nitrogen and oxygen atoms in total. The van der Waals surface area contributed by atoms with Crippen LogP contribution >= 0.6 is 0 Å². The Kier molecular flexibility index (Phi) is 6.98. The summed E-state index contributed by atoms with van der Waals surface area (Å²) in [5.41, 5.74) is 0. The molecule has 0 aliphatic heterocycles. The molecule has 4 heteroatoms. The number of likely N-dealkylation sites (N-methyl/N-ethyl adjacent to an activating group) is 1. The number of hydrogen-bond donors (Lipinski definition) is 1. The average molecular weight is 252 g/mol. The molecule has 0 atom stereocenters. The normalized spacial score (nSPS) is 11.7. The van der Waals surface area contributed by atoms with Crippen LogP contribution in [0, 0.1) is 5.92 Å². The molecule has 1 N–H and O–H groups in total. The van der Waals surface area contributed by atoms with E-state index in [9.17, 15) is 0 Å². The highest BCUT2D eigenvalue weighted by Gasteiger charge is 2.04. The Bertz CT molecular complexity index is 315. The summed E-state index contributed by atoms with van der Waals surface area (Å²) in [4.78, 5) is 6.86. The van der Waals surface area contributed by atoms with Crippen LogP contribution in [-0.2, 0) is 13.1 Å². The molecule has 0 aliphatic rings. The van der Waals surface area contributed by atoms with E-state index in [4.69, 9.17) is 0 Å². The van der Waals surface area contributed by atoms with Crippen molar-refractivity contribution in [1.29, 1.82) is 0 Å². The van der Waals surface area contributed by atoms with Crippen LogP contribution in [0.25, 0.3) is 0 Å². The summed E-state index contributed by atoms with van der Waals surface area (Å²) >= 11 is 0. The Morgan fingerprint density at radius 1 is 1.33 bits per heavy atom. The standard InChI is InChI=1S/C14H28N4/c1-5-17(6-2)9-10-18-8-7-16-14(18)12-15-11-13(3)4/h7-8,13,15H,5-6,9-12H2,1-4H3. The van der Waals surface area contributed by atoms with E-state index in [0.29, 0.717) is 5.92 Å². The van der Waals surface area contributed by atoms with Crippen molar-refractivity contribution in [3.63, 3.8) is 0 Å². The third-order valence-electron chi connectivity index (χ3n) is 3.19. The molecule has 0 spiro atoms. The van der Waals surface area contributed by atoms with E-state index in [1.165, 1.54) is 0 Å². The summed E-state index contributed by atoms with van der Waals surface area (Å²) in [5, 5.41) is 3.45. The van der Waals surface area contributed by atoms with E-state index in [2.05, 4.69) is 53.7 Å². The van der Waals surface area contributed by atoms with Crippen LogP contribution in [0.2, 0.25) is 0 Å². The van der Waals surface area contributed by atoms with Crippen molar-refractivity contribution in [3.05, 3.63) is 18.2 Å². The van der Waals surface area contributed by atoms with Crippen LogP contribution in [0.15, 0.2) is 12.4 Å². The average Bonchev–Trinajstić information content (AvgIpc) is 2.78. The summed E-state index contributed by atoms with van der Waals surface area (Å²) in [5.74, 6) is 1.83. The molecule has 18 heavy (non-hydrogen) atoms. The predicted molar refractivity (Wildman–Crippen MR) is 76.6 cm³/mol. The number of rotatable bonds is 9. The number of nitrogens with one attached hydrogen (secondary N) is 1. The molecule has 0 radical (unpaired) electrons. The van der Waals surface area contributed by atoms with Gasteiger partial charge in [-0.15, -0.1) is 0 Å². The fourth-order valence-electron chi connectivity index (χ4n) is 1.97. The minimum absolute atomic E-state index is 0.684. The van der Waals surface area contributed by atoms with E-state index < -0.39 is 0 Å². The molecule has 0 fully saturated rings. The molecule has 1 aromatic rings. The molecule has 1 rings (SSSR count). The Morgan fingerprint density at radius 2 is 2.06 bits per heavy atom. The van der Waals surface area contributed by atoms with E-state index in [-0.39, 0.29) is 0 Å². The third kappa shape index (κ3) is 5.19. The largest absolute Gasteiger partial charge is 0.333 e.